The van der Waals surface area contributed by atoms with Crippen LogP contribution in [0.4, 0.5) is 0 Å². The van der Waals surface area contributed by atoms with E-state index in [2.05, 4.69) is 24.1 Å². The SMILES string of the molecule is CC(C)CC1CCCC(NCCN2CCCCC2)C1. The number of hydrogen-bond acceptors (Lipinski definition) is 2. The smallest absolute Gasteiger partial charge is 0.0107 e. The minimum atomic E-state index is 0.808. The van der Waals surface area contributed by atoms with E-state index in [1.165, 1.54) is 77.5 Å². The van der Waals surface area contributed by atoms with Crippen LogP contribution in [0.5, 0.6) is 0 Å². The Balaban J connectivity index is 1.59. The lowest BCUT2D eigenvalue weighted by molar-refractivity contribution is 0.211. The van der Waals surface area contributed by atoms with Gasteiger partial charge in [0.25, 0.3) is 0 Å². The van der Waals surface area contributed by atoms with E-state index in [-0.39, 0.29) is 0 Å². The van der Waals surface area contributed by atoms with E-state index < -0.39 is 0 Å². The molecule has 1 saturated carbocycles. The third kappa shape index (κ3) is 5.83. The number of likely N-dealkylation sites (tertiary alicyclic amines) is 1. The fourth-order valence-corrected chi connectivity index (χ4v) is 3.97. The van der Waals surface area contributed by atoms with Crippen molar-refractivity contribution >= 4 is 0 Å². The van der Waals surface area contributed by atoms with Crippen LogP contribution in [0.3, 0.4) is 0 Å². The van der Waals surface area contributed by atoms with E-state index in [4.69, 9.17) is 0 Å². The van der Waals surface area contributed by atoms with E-state index in [9.17, 15) is 0 Å². The highest BCUT2D eigenvalue weighted by atomic mass is 15.1. The maximum absolute atomic E-state index is 3.83. The van der Waals surface area contributed by atoms with E-state index in [0.29, 0.717) is 0 Å². The highest BCUT2D eigenvalue weighted by molar-refractivity contribution is 4.79. The molecule has 0 radical (unpaired) electrons. The summed E-state index contributed by atoms with van der Waals surface area (Å²) < 4.78 is 0. The predicted octanol–water partition coefficient (Wildman–Crippen LogP) is 3.67. The largest absolute Gasteiger partial charge is 0.313 e. The van der Waals surface area contributed by atoms with Crippen molar-refractivity contribution in [1.82, 2.24) is 10.2 Å². The van der Waals surface area contributed by atoms with Crippen molar-refractivity contribution in [1.29, 1.82) is 0 Å². The monoisotopic (exact) mass is 266 g/mol. The number of hydrogen-bond donors (Lipinski definition) is 1. The molecule has 1 saturated heterocycles. The van der Waals surface area contributed by atoms with Crippen LogP contribution >= 0.6 is 0 Å². The molecule has 2 atom stereocenters. The highest BCUT2D eigenvalue weighted by Gasteiger charge is 2.22. The highest BCUT2D eigenvalue weighted by Crippen LogP contribution is 2.29. The third-order valence-electron chi connectivity index (χ3n) is 4.90. The van der Waals surface area contributed by atoms with Crippen LogP contribution in [-0.2, 0) is 0 Å². The van der Waals surface area contributed by atoms with Crippen molar-refractivity contribution in [3.63, 3.8) is 0 Å². The molecule has 112 valence electrons. The summed E-state index contributed by atoms with van der Waals surface area (Å²) in [4.78, 5) is 2.64. The maximum Gasteiger partial charge on any atom is 0.0107 e. The topological polar surface area (TPSA) is 15.3 Å². The van der Waals surface area contributed by atoms with Crippen LogP contribution in [0.1, 0.15) is 65.2 Å². The van der Waals surface area contributed by atoms with E-state index in [0.717, 1.165) is 17.9 Å². The minimum Gasteiger partial charge on any atom is -0.313 e. The molecule has 1 aliphatic carbocycles. The Morgan fingerprint density at radius 1 is 1.05 bits per heavy atom. The van der Waals surface area contributed by atoms with Gasteiger partial charge in [0.2, 0.25) is 0 Å². The van der Waals surface area contributed by atoms with Gasteiger partial charge in [0.1, 0.15) is 0 Å². The van der Waals surface area contributed by atoms with Crippen LogP contribution in [0.15, 0.2) is 0 Å². The summed E-state index contributed by atoms with van der Waals surface area (Å²) in [6.45, 7) is 9.88. The Bertz CT molecular complexity index is 233. The van der Waals surface area contributed by atoms with Gasteiger partial charge in [-0.05, 0) is 57.0 Å². The maximum atomic E-state index is 3.83. The average molecular weight is 266 g/mol. The van der Waals surface area contributed by atoms with Gasteiger partial charge in [0, 0.05) is 19.1 Å². The second-order valence-corrected chi connectivity index (χ2v) is 7.22. The molecule has 2 aliphatic rings. The van der Waals surface area contributed by atoms with Crippen molar-refractivity contribution < 1.29 is 0 Å². The Labute approximate surface area is 120 Å². The van der Waals surface area contributed by atoms with Gasteiger partial charge in [-0.3, -0.25) is 0 Å². The molecule has 0 spiro atoms. The molecule has 0 amide bonds. The predicted molar refractivity (Wildman–Crippen MR) is 83.5 cm³/mol. The molecular formula is C17H34N2. The Morgan fingerprint density at radius 3 is 2.58 bits per heavy atom. The molecule has 19 heavy (non-hydrogen) atoms. The zero-order valence-electron chi connectivity index (χ0n) is 13.2. The van der Waals surface area contributed by atoms with Gasteiger partial charge < -0.3 is 10.2 Å². The quantitative estimate of drug-likeness (QED) is 0.789. The zero-order chi connectivity index (χ0) is 13.5. The van der Waals surface area contributed by atoms with Crippen LogP contribution < -0.4 is 5.32 Å². The minimum absolute atomic E-state index is 0.808. The Hall–Kier alpha value is -0.0800. The number of nitrogens with one attached hydrogen (secondary N) is 1. The van der Waals surface area contributed by atoms with Crippen molar-refractivity contribution in [3.05, 3.63) is 0 Å². The van der Waals surface area contributed by atoms with E-state index in [1.807, 2.05) is 0 Å². The van der Waals surface area contributed by atoms with Gasteiger partial charge in [-0.25, -0.2) is 0 Å². The Kier molecular flexibility index (Phi) is 6.66. The van der Waals surface area contributed by atoms with Crippen LogP contribution in [0.2, 0.25) is 0 Å². The fourth-order valence-electron chi connectivity index (χ4n) is 3.97. The van der Waals surface area contributed by atoms with Crippen LogP contribution in [0, 0.1) is 11.8 Å². The van der Waals surface area contributed by atoms with Gasteiger partial charge in [-0.2, -0.15) is 0 Å². The zero-order valence-corrected chi connectivity index (χ0v) is 13.2. The summed E-state index contributed by atoms with van der Waals surface area (Å²) in [5.41, 5.74) is 0. The van der Waals surface area contributed by atoms with Gasteiger partial charge in [-0.1, -0.05) is 33.1 Å². The standard InChI is InChI=1S/C17H34N2/c1-15(2)13-16-7-6-8-17(14-16)18-9-12-19-10-4-3-5-11-19/h15-18H,3-14H2,1-2H3. The molecule has 0 aromatic carbocycles. The van der Waals surface area contributed by atoms with Crippen LogP contribution in [0.25, 0.3) is 0 Å². The molecule has 1 heterocycles. The van der Waals surface area contributed by atoms with Gasteiger partial charge in [0.15, 0.2) is 0 Å². The molecule has 1 aliphatic heterocycles. The molecule has 2 fully saturated rings. The van der Waals surface area contributed by atoms with Gasteiger partial charge in [0.05, 0.1) is 0 Å². The normalized spacial score (nSPS) is 29.8. The fraction of sp³-hybridized carbons (Fsp3) is 1.00. The Morgan fingerprint density at radius 2 is 1.84 bits per heavy atom. The number of piperidine rings is 1. The summed E-state index contributed by atoms with van der Waals surface area (Å²) >= 11 is 0. The molecule has 0 aromatic heterocycles. The number of nitrogens with zero attached hydrogens (tertiary/aromatic N) is 1. The lowest BCUT2D eigenvalue weighted by Gasteiger charge is -2.32. The molecule has 2 rings (SSSR count). The second kappa shape index (κ2) is 8.26. The summed E-state index contributed by atoms with van der Waals surface area (Å²) in [5, 5.41) is 3.83. The molecule has 2 nitrogen and oxygen atoms in total. The van der Waals surface area contributed by atoms with Crippen molar-refractivity contribution in [2.24, 2.45) is 11.8 Å². The summed E-state index contributed by atoms with van der Waals surface area (Å²) in [7, 11) is 0. The molecule has 1 N–H and O–H groups in total. The van der Waals surface area contributed by atoms with Gasteiger partial charge >= 0.3 is 0 Å². The summed E-state index contributed by atoms with van der Waals surface area (Å²) in [6.07, 6.45) is 11.5. The lowest BCUT2D eigenvalue weighted by Crippen LogP contribution is -2.41. The molecule has 2 heteroatoms. The van der Waals surface area contributed by atoms with E-state index in [1.54, 1.807) is 0 Å². The molecule has 0 aromatic rings. The van der Waals surface area contributed by atoms with Crippen molar-refractivity contribution in [2.45, 2.75) is 71.3 Å². The molecular weight excluding hydrogens is 232 g/mol. The van der Waals surface area contributed by atoms with E-state index >= 15 is 0 Å². The molecule has 0 bridgehead atoms. The first-order valence-corrected chi connectivity index (χ1v) is 8.70. The first-order valence-electron chi connectivity index (χ1n) is 8.70. The first kappa shape index (κ1) is 15.3. The third-order valence-corrected chi connectivity index (χ3v) is 4.90. The summed E-state index contributed by atoms with van der Waals surface area (Å²) in [5.74, 6) is 1.86. The van der Waals surface area contributed by atoms with Crippen molar-refractivity contribution in [3.8, 4) is 0 Å². The van der Waals surface area contributed by atoms with Gasteiger partial charge in [-0.15, -0.1) is 0 Å². The first-order chi connectivity index (χ1) is 9.24. The molecule has 2 unspecified atom stereocenters. The summed E-state index contributed by atoms with van der Waals surface area (Å²) in [6, 6.07) is 0.808. The number of rotatable bonds is 6. The second-order valence-electron chi connectivity index (χ2n) is 7.22. The lowest BCUT2D eigenvalue weighted by atomic mass is 9.81. The van der Waals surface area contributed by atoms with Crippen molar-refractivity contribution in [2.75, 3.05) is 26.2 Å². The average Bonchev–Trinajstić information content (AvgIpc) is 2.40. The van der Waals surface area contributed by atoms with Crippen LogP contribution in [-0.4, -0.2) is 37.1 Å².